The first-order chi connectivity index (χ1) is 7.06. The quantitative estimate of drug-likeness (QED) is 0.414. The van der Waals surface area contributed by atoms with E-state index >= 15 is 0 Å². The third-order valence-corrected chi connectivity index (χ3v) is 3.41. The Morgan fingerprint density at radius 2 is 2.27 bits per heavy atom. The van der Waals surface area contributed by atoms with Gasteiger partial charge < -0.3 is 10.8 Å². The minimum absolute atomic E-state index is 0.0753. The molecule has 0 fully saturated rings. The Labute approximate surface area is 94.2 Å². The van der Waals surface area contributed by atoms with Crippen LogP contribution in [0.15, 0.2) is 23.1 Å². The van der Waals surface area contributed by atoms with E-state index in [9.17, 15) is 0 Å². The molecule has 0 aliphatic heterocycles. The van der Waals surface area contributed by atoms with Crippen molar-refractivity contribution in [1.29, 1.82) is 5.41 Å². The van der Waals surface area contributed by atoms with Crippen molar-refractivity contribution in [2.45, 2.75) is 24.0 Å². The van der Waals surface area contributed by atoms with Crippen LogP contribution in [0.25, 0.3) is 0 Å². The maximum Gasteiger partial charge on any atom is 0.123 e. The number of hydrogen-bond donors (Lipinski definition) is 3. The summed E-state index contributed by atoms with van der Waals surface area (Å²) >= 11 is 1.55. The molecule has 0 amide bonds. The molecule has 1 unspecified atom stereocenters. The number of nitrogens with one attached hydrogen (secondary N) is 1. The van der Waals surface area contributed by atoms with Gasteiger partial charge in [-0.3, -0.25) is 5.41 Å². The van der Waals surface area contributed by atoms with E-state index in [1.807, 2.05) is 32.0 Å². The van der Waals surface area contributed by atoms with Gasteiger partial charge in [-0.1, -0.05) is 25.1 Å². The molecule has 0 radical (unpaired) electrons. The van der Waals surface area contributed by atoms with Crippen molar-refractivity contribution in [2.75, 3.05) is 6.61 Å². The lowest BCUT2D eigenvalue weighted by Crippen LogP contribution is -2.14. The fraction of sp³-hybridized carbons (Fsp3) is 0.364. The molecule has 0 aliphatic carbocycles. The Hall–Kier alpha value is -1.00. The van der Waals surface area contributed by atoms with Gasteiger partial charge in [-0.15, -0.1) is 11.8 Å². The fourth-order valence-electron chi connectivity index (χ4n) is 1.26. The summed E-state index contributed by atoms with van der Waals surface area (Å²) in [6.07, 6.45) is 0. The van der Waals surface area contributed by atoms with Gasteiger partial charge in [0, 0.05) is 15.7 Å². The lowest BCUT2D eigenvalue weighted by atomic mass is 10.1. The molecule has 0 aliphatic rings. The number of aliphatic hydroxyl groups excluding tert-OH is 1. The SMILES string of the molecule is Cc1cccc(C(=N)N)c1SC(C)CO. The lowest BCUT2D eigenvalue weighted by molar-refractivity contribution is 0.300. The Morgan fingerprint density at radius 3 is 2.80 bits per heavy atom. The first kappa shape index (κ1) is 12.1. The van der Waals surface area contributed by atoms with Crippen LogP contribution in [0.3, 0.4) is 0 Å². The molecule has 1 atom stereocenters. The van der Waals surface area contributed by atoms with Crippen LogP contribution in [-0.2, 0) is 0 Å². The second-order valence-electron chi connectivity index (χ2n) is 3.48. The maximum absolute atomic E-state index is 9.01. The fourth-order valence-corrected chi connectivity index (χ4v) is 2.30. The van der Waals surface area contributed by atoms with Crippen LogP contribution in [0, 0.1) is 12.3 Å². The number of aliphatic hydroxyl groups is 1. The standard InChI is InChI=1S/C11H16N2OS/c1-7-4-3-5-9(11(12)13)10(7)15-8(2)6-14/h3-5,8,14H,6H2,1-2H3,(H3,12,13). The van der Waals surface area contributed by atoms with Gasteiger partial charge in [0.05, 0.1) is 6.61 Å². The zero-order valence-corrected chi connectivity index (χ0v) is 9.77. The molecule has 0 heterocycles. The predicted molar refractivity (Wildman–Crippen MR) is 64.6 cm³/mol. The average Bonchev–Trinajstić information content (AvgIpc) is 2.20. The zero-order chi connectivity index (χ0) is 11.4. The van der Waals surface area contributed by atoms with Crippen molar-refractivity contribution >= 4 is 17.6 Å². The summed E-state index contributed by atoms with van der Waals surface area (Å²) in [6.45, 7) is 4.05. The molecule has 1 rings (SSSR count). The molecule has 0 saturated carbocycles. The largest absolute Gasteiger partial charge is 0.395 e. The second kappa shape index (κ2) is 5.19. The van der Waals surface area contributed by atoms with Crippen molar-refractivity contribution in [3.8, 4) is 0 Å². The molecule has 0 aromatic heterocycles. The molecule has 0 spiro atoms. The van der Waals surface area contributed by atoms with Gasteiger partial charge in [-0.2, -0.15) is 0 Å². The van der Waals surface area contributed by atoms with E-state index in [0.717, 1.165) is 16.0 Å². The van der Waals surface area contributed by atoms with Crippen molar-refractivity contribution < 1.29 is 5.11 Å². The first-order valence-corrected chi connectivity index (χ1v) is 5.65. The van der Waals surface area contributed by atoms with Gasteiger partial charge in [-0.25, -0.2) is 0 Å². The van der Waals surface area contributed by atoms with E-state index in [-0.39, 0.29) is 17.7 Å². The second-order valence-corrected chi connectivity index (χ2v) is 4.93. The summed E-state index contributed by atoms with van der Waals surface area (Å²) in [5.74, 6) is 0.0753. The van der Waals surface area contributed by atoms with Gasteiger partial charge in [0.15, 0.2) is 0 Å². The third-order valence-electron chi connectivity index (χ3n) is 2.08. The number of benzene rings is 1. The molecular weight excluding hydrogens is 208 g/mol. The van der Waals surface area contributed by atoms with Crippen molar-refractivity contribution in [1.82, 2.24) is 0 Å². The Kier molecular flexibility index (Phi) is 4.17. The normalized spacial score (nSPS) is 12.5. The number of thioether (sulfide) groups is 1. The zero-order valence-electron chi connectivity index (χ0n) is 8.95. The first-order valence-electron chi connectivity index (χ1n) is 4.77. The minimum Gasteiger partial charge on any atom is -0.395 e. The van der Waals surface area contributed by atoms with Crippen LogP contribution >= 0.6 is 11.8 Å². The average molecular weight is 224 g/mol. The highest BCUT2D eigenvalue weighted by atomic mass is 32.2. The van der Waals surface area contributed by atoms with E-state index in [0.29, 0.717) is 0 Å². The monoisotopic (exact) mass is 224 g/mol. The highest BCUT2D eigenvalue weighted by Crippen LogP contribution is 2.29. The Balaban J connectivity index is 3.07. The van der Waals surface area contributed by atoms with E-state index in [4.69, 9.17) is 16.2 Å². The van der Waals surface area contributed by atoms with Crippen LogP contribution in [-0.4, -0.2) is 22.8 Å². The van der Waals surface area contributed by atoms with E-state index in [1.54, 1.807) is 11.8 Å². The van der Waals surface area contributed by atoms with Gasteiger partial charge >= 0.3 is 0 Å². The van der Waals surface area contributed by atoms with Gasteiger partial charge in [-0.05, 0) is 12.5 Å². The number of amidine groups is 1. The third kappa shape index (κ3) is 2.97. The van der Waals surface area contributed by atoms with Crippen molar-refractivity contribution in [3.63, 3.8) is 0 Å². The van der Waals surface area contributed by atoms with Crippen LogP contribution in [0.1, 0.15) is 18.1 Å². The maximum atomic E-state index is 9.01. The van der Waals surface area contributed by atoms with E-state index < -0.39 is 0 Å². The summed E-state index contributed by atoms with van der Waals surface area (Å²) < 4.78 is 0. The molecule has 15 heavy (non-hydrogen) atoms. The summed E-state index contributed by atoms with van der Waals surface area (Å²) in [5.41, 5.74) is 7.35. The minimum atomic E-state index is 0.0753. The molecule has 4 N–H and O–H groups in total. The molecule has 0 saturated heterocycles. The summed E-state index contributed by atoms with van der Waals surface area (Å²) in [4.78, 5) is 0.992. The van der Waals surface area contributed by atoms with Gasteiger partial charge in [0.1, 0.15) is 5.84 Å². The summed E-state index contributed by atoms with van der Waals surface area (Å²) in [5, 5.41) is 16.6. The number of nitrogens with two attached hydrogens (primary N) is 1. The van der Waals surface area contributed by atoms with Crippen LogP contribution in [0.5, 0.6) is 0 Å². The smallest absolute Gasteiger partial charge is 0.123 e. The van der Waals surface area contributed by atoms with Crippen molar-refractivity contribution in [3.05, 3.63) is 29.3 Å². The predicted octanol–water partition coefficient (Wildman–Crippen LogP) is 1.75. The molecular formula is C11H16N2OS. The van der Waals surface area contributed by atoms with Crippen LogP contribution in [0.4, 0.5) is 0 Å². The van der Waals surface area contributed by atoms with Crippen LogP contribution in [0.2, 0.25) is 0 Å². The van der Waals surface area contributed by atoms with Crippen LogP contribution < -0.4 is 5.73 Å². The molecule has 3 nitrogen and oxygen atoms in total. The van der Waals surface area contributed by atoms with E-state index in [2.05, 4.69) is 0 Å². The molecule has 0 bridgehead atoms. The van der Waals surface area contributed by atoms with Gasteiger partial charge in [0.2, 0.25) is 0 Å². The molecule has 82 valence electrons. The molecule has 1 aromatic rings. The molecule has 1 aromatic carbocycles. The number of aryl methyl sites for hydroxylation is 1. The van der Waals surface area contributed by atoms with Gasteiger partial charge in [0.25, 0.3) is 0 Å². The Bertz CT molecular complexity index is 366. The van der Waals surface area contributed by atoms with Crippen molar-refractivity contribution in [2.24, 2.45) is 5.73 Å². The topological polar surface area (TPSA) is 70.1 Å². The number of hydrogen-bond acceptors (Lipinski definition) is 3. The molecule has 4 heteroatoms. The summed E-state index contributed by atoms with van der Waals surface area (Å²) in [6, 6.07) is 5.71. The number of nitrogen functional groups attached to an aromatic ring is 1. The summed E-state index contributed by atoms with van der Waals surface area (Å²) in [7, 11) is 0. The van der Waals surface area contributed by atoms with E-state index in [1.165, 1.54) is 0 Å². The highest BCUT2D eigenvalue weighted by molar-refractivity contribution is 8.00. The Morgan fingerprint density at radius 1 is 1.60 bits per heavy atom. The highest BCUT2D eigenvalue weighted by Gasteiger charge is 2.11. The number of rotatable bonds is 4. The lowest BCUT2D eigenvalue weighted by Gasteiger charge is -2.14.